The van der Waals surface area contributed by atoms with E-state index < -0.39 is 4.92 Å². The fourth-order valence-electron chi connectivity index (χ4n) is 0.987. The summed E-state index contributed by atoms with van der Waals surface area (Å²) in [5.41, 5.74) is 0.0697. The summed E-state index contributed by atoms with van der Waals surface area (Å²) in [5.74, 6) is -0.150. The molecule has 1 aromatic rings. The van der Waals surface area contributed by atoms with Gasteiger partial charge in [-0.2, -0.15) is 0 Å². The molecule has 1 heterocycles. The van der Waals surface area contributed by atoms with Crippen LogP contribution < -0.4 is 0 Å². The number of Topliss-reactive ketones (excluding diaryl/α,β-unsaturated/α-hetero) is 1. The fraction of sp³-hybridized carbons (Fsp3) is 0.250. The number of ketones is 1. The summed E-state index contributed by atoms with van der Waals surface area (Å²) in [4.78, 5) is 24.7. The Morgan fingerprint density at radius 1 is 1.71 bits per heavy atom. The van der Waals surface area contributed by atoms with E-state index in [1.54, 1.807) is 0 Å². The number of rotatable bonds is 3. The van der Waals surface area contributed by atoms with E-state index in [1.165, 1.54) is 19.2 Å². The lowest BCUT2D eigenvalue weighted by molar-refractivity contribution is -0.385. The molecule has 0 aliphatic carbocycles. The first-order chi connectivity index (χ1) is 6.50. The van der Waals surface area contributed by atoms with Gasteiger partial charge in [-0.1, -0.05) is 0 Å². The molecule has 0 atom stereocenters. The minimum Gasteiger partial charge on any atom is -0.300 e. The highest BCUT2D eigenvalue weighted by Gasteiger charge is 2.16. The molecule has 0 aliphatic rings. The number of nitrogens with zero attached hydrogens (tertiary/aromatic N) is 2. The Kier molecular flexibility index (Phi) is 3.29. The molecule has 0 radical (unpaired) electrons. The van der Waals surface area contributed by atoms with Crippen molar-refractivity contribution in [2.45, 2.75) is 13.3 Å². The smallest absolute Gasteiger partial charge is 0.292 e. The van der Waals surface area contributed by atoms with E-state index in [-0.39, 0.29) is 23.6 Å². The van der Waals surface area contributed by atoms with Crippen molar-refractivity contribution in [3.8, 4) is 0 Å². The van der Waals surface area contributed by atoms with Gasteiger partial charge >= 0.3 is 0 Å². The molecule has 6 heteroatoms. The fourth-order valence-corrected chi connectivity index (χ4v) is 1.31. The molecule has 0 amide bonds. The van der Waals surface area contributed by atoms with Gasteiger partial charge in [0.15, 0.2) is 0 Å². The SMILES string of the molecule is CC(=O)Cc1ncc(Br)cc1[N+](=O)[O-]. The van der Waals surface area contributed by atoms with Crippen LogP contribution in [0.15, 0.2) is 16.7 Å². The third-order valence-corrected chi connectivity index (χ3v) is 1.96. The van der Waals surface area contributed by atoms with Crippen LogP contribution in [0.3, 0.4) is 0 Å². The maximum absolute atomic E-state index is 10.8. The molecule has 0 N–H and O–H groups in total. The van der Waals surface area contributed by atoms with Gasteiger partial charge in [-0.3, -0.25) is 19.9 Å². The summed E-state index contributed by atoms with van der Waals surface area (Å²) in [6.07, 6.45) is 1.43. The average molecular weight is 259 g/mol. The first kappa shape index (κ1) is 10.8. The second kappa shape index (κ2) is 4.28. The number of nitro groups is 1. The van der Waals surface area contributed by atoms with Gasteiger partial charge in [0.05, 0.1) is 11.3 Å². The van der Waals surface area contributed by atoms with E-state index in [4.69, 9.17) is 0 Å². The van der Waals surface area contributed by atoms with Crippen molar-refractivity contribution in [1.29, 1.82) is 0 Å². The minimum absolute atomic E-state index is 0.0103. The van der Waals surface area contributed by atoms with Gasteiger partial charge in [0.1, 0.15) is 11.5 Å². The van der Waals surface area contributed by atoms with Crippen molar-refractivity contribution in [1.82, 2.24) is 4.98 Å². The summed E-state index contributed by atoms with van der Waals surface area (Å²) >= 11 is 3.08. The average Bonchev–Trinajstić information content (AvgIpc) is 2.07. The van der Waals surface area contributed by atoms with Gasteiger partial charge in [0.25, 0.3) is 5.69 Å². The standard InChI is InChI=1S/C8H7BrN2O3/c1-5(12)2-7-8(11(13)14)3-6(9)4-10-7/h3-4H,2H2,1H3. The largest absolute Gasteiger partial charge is 0.300 e. The summed E-state index contributed by atoms with van der Waals surface area (Å²) in [6, 6.07) is 1.34. The number of hydrogen-bond acceptors (Lipinski definition) is 4. The topological polar surface area (TPSA) is 73.1 Å². The van der Waals surface area contributed by atoms with Crippen molar-refractivity contribution >= 4 is 27.4 Å². The van der Waals surface area contributed by atoms with Crippen LogP contribution in [0, 0.1) is 10.1 Å². The number of halogens is 1. The van der Waals surface area contributed by atoms with Crippen LogP contribution in [-0.4, -0.2) is 15.7 Å². The van der Waals surface area contributed by atoms with E-state index in [1.807, 2.05) is 0 Å². The second-order valence-corrected chi connectivity index (χ2v) is 3.67. The third kappa shape index (κ3) is 2.59. The molecular formula is C8H7BrN2O3. The van der Waals surface area contributed by atoms with Crippen LogP contribution in [0.1, 0.15) is 12.6 Å². The molecule has 1 rings (SSSR count). The molecule has 74 valence electrons. The van der Waals surface area contributed by atoms with Gasteiger partial charge < -0.3 is 0 Å². The van der Waals surface area contributed by atoms with Gasteiger partial charge in [-0.05, 0) is 22.9 Å². The Labute approximate surface area is 88.4 Å². The molecule has 0 spiro atoms. The molecule has 0 fully saturated rings. The molecule has 0 saturated carbocycles. The lowest BCUT2D eigenvalue weighted by atomic mass is 10.2. The summed E-state index contributed by atoms with van der Waals surface area (Å²) in [6.45, 7) is 1.37. The van der Waals surface area contributed by atoms with E-state index in [2.05, 4.69) is 20.9 Å². The number of pyridine rings is 1. The molecule has 0 bridgehead atoms. The Hall–Kier alpha value is -1.30. The number of hydrogen-bond donors (Lipinski definition) is 0. The van der Waals surface area contributed by atoms with Crippen LogP contribution in [0.25, 0.3) is 0 Å². The molecular weight excluding hydrogens is 252 g/mol. The summed E-state index contributed by atoms with van der Waals surface area (Å²) in [5, 5.41) is 10.6. The van der Waals surface area contributed by atoms with Crippen molar-refractivity contribution in [2.75, 3.05) is 0 Å². The quantitative estimate of drug-likeness (QED) is 0.613. The Bertz CT molecular complexity index is 392. The lowest BCUT2D eigenvalue weighted by Gasteiger charge is -1.99. The van der Waals surface area contributed by atoms with Crippen LogP contribution in [-0.2, 0) is 11.2 Å². The van der Waals surface area contributed by atoms with E-state index in [0.717, 1.165) is 0 Å². The Morgan fingerprint density at radius 2 is 2.36 bits per heavy atom. The number of aromatic nitrogens is 1. The molecule has 0 unspecified atom stereocenters. The van der Waals surface area contributed by atoms with Crippen LogP contribution >= 0.6 is 15.9 Å². The minimum atomic E-state index is -0.546. The molecule has 0 aromatic carbocycles. The maximum atomic E-state index is 10.8. The molecule has 0 saturated heterocycles. The van der Waals surface area contributed by atoms with Crippen molar-refractivity contribution in [2.24, 2.45) is 0 Å². The van der Waals surface area contributed by atoms with Crippen LogP contribution in [0.5, 0.6) is 0 Å². The predicted octanol–water partition coefficient (Wildman–Crippen LogP) is 1.88. The summed E-state index contributed by atoms with van der Waals surface area (Å²) in [7, 11) is 0. The molecule has 14 heavy (non-hydrogen) atoms. The summed E-state index contributed by atoms with van der Waals surface area (Å²) < 4.78 is 0.525. The maximum Gasteiger partial charge on any atom is 0.292 e. The molecule has 1 aromatic heterocycles. The van der Waals surface area contributed by atoms with Gasteiger partial charge in [0.2, 0.25) is 0 Å². The zero-order valence-corrected chi connectivity index (χ0v) is 8.94. The monoisotopic (exact) mass is 258 g/mol. The Morgan fingerprint density at radius 3 is 2.86 bits per heavy atom. The normalized spacial score (nSPS) is 9.86. The van der Waals surface area contributed by atoms with E-state index in [9.17, 15) is 14.9 Å². The van der Waals surface area contributed by atoms with E-state index in [0.29, 0.717) is 4.47 Å². The number of carbonyl (C=O) groups is 1. The third-order valence-electron chi connectivity index (χ3n) is 1.53. The Balaban J connectivity index is 3.14. The first-order valence-corrected chi connectivity index (χ1v) is 4.58. The highest BCUT2D eigenvalue weighted by molar-refractivity contribution is 9.10. The van der Waals surface area contributed by atoms with Gasteiger partial charge in [-0.25, -0.2) is 0 Å². The highest BCUT2D eigenvalue weighted by Crippen LogP contribution is 2.21. The predicted molar refractivity (Wildman–Crippen MR) is 53.0 cm³/mol. The molecule has 5 nitrogen and oxygen atoms in total. The molecule has 0 aliphatic heterocycles. The second-order valence-electron chi connectivity index (χ2n) is 2.76. The van der Waals surface area contributed by atoms with Crippen LogP contribution in [0.2, 0.25) is 0 Å². The lowest BCUT2D eigenvalue weighted by Crippen LogP contribution is -2.03. The van der Waals surface area contributed by atoms with Crippen molar-refractivity contribution in [3.05, 3.63) is 32.5 Å². The zero-order chi connectivity index (χ0) is 10.7. The highest BCUT2D eigenvalue weighted by atomic mass is 79.9. The van der Waals surface area contributed by atoms with Gasteiger partial charge in [0, 0.05) is 16.7 Å². The van der Waals surface area contributed by atoms with E-state index >= 15 is 0 Å². The number of carbonyl (C=O) groups excluding carboxylic acids is 1. The van der Waals surface area contributed by atoms with Crippen LogP contribution in [0.4, 0.5) is 5.69 Å². The van der Waals surface area contributed by atoms with Crippen molar-refractivity contribution < 1.29 is 9.72 Å². The van der Waals surface area contributed by atoms with Gasteiger partial charge in [-0.15, -0.1) is 0 Å². The van der Waals surface area contributed by atoms with Crippen molar-refractivity contribution in [3.63, 3.8) is 0 Å². The zero-order valence-electron chi connectivity index (χ0n) is 7.36. The first-order valence-electron chi connectivity index (χ1n) is 3.79.